The highest BCUT2D eigenvalue weighted by Gasteiger charge is 2.24. The predicted molar refractivity (Wildman–Crippen MR) is 92.7 cm³/mol. The van der Waals surface area contributed by atoms with Gasteiger partial charge < -0.3 is 14.8 Å². The molecule has 0 aliphatic heterocycles. The molecule has 1 fully saturated rings. The van der Waals surface area contributed by atoms with Crippen molar-refractivity contribution in [3.8, 4) is 17.6 Å². The highest BCUT2D eigenvalue weighted by Crippen LogP contribution is 2.28. The summed E-state index contributed by atoms with van der Waals surface area (Å²) >= 11 is 0. The molecule has 0 heterocycles. The van der Waals surface area contributed by atoms with Crippen molar-refractivity contribution in [2.45, 2.75) is 38.6 Å². The van der Waals surface area contributed by atoms with Crippen molar-refractivity contribution in [1.29, 1.82) is 5.26 Å². The molecule has 1 aliphatic carbocycles. The van der Waals surface area contributed by atoms with Gasteiger partial charge in [-0.2, -0.15) is 5.26 Å². The number of nitriles is 1. The lowest BCUT2D eigenvalue weighted by Gasteiger charge is -2.29. The molecule has 128 valence electrons. The van der Waals surface area contributed by atoms with E-state index in [1.165, 1.54) is 6.42 Å². The van der Waals surface area contributed by atoms with Crippen molar-refractivity contribution < 1.29 is 14.3 Å². The zero-order valence-electron chi connectivity index (χ0n) is 14.5. The van der Waals surface area contributed by atoms with Crippen molar-refractivity contribution in [2.24, 2.45) is 5.92 Å². The first-order valence-corrected chi connectivity index (χ1v) is 8.23. The Morgan fingerprint density at radius 3 is 2.58 bits per heavy atom. The van der Waals surface area contributed by atoms with E-state index in [4.69, 9.17) is 9.47 Å². The lowest BCUT2D eigenvalue weighted by Crippen LogP contribution is -2.41. The second-order valence-corrected chi connectivity index (χ2v) is 6.13. The fourth-order valence-corrected chi connectivity index (χ4v) is 3.03. The Balaban J connectivity index is 2.16. The Kier molecular flexibility index (Phi) is 6.25. The summed E-state index contributed by atoms with van der Waals surface area (Å²) in [6.07, 6.45) is 6.00. The zero-order chi connectivity index (χ0) is 17.5. The van der Waals surface area contributed by atoms with Gasteiger partial charge in [0.25, 0.3) is 5.91 Å². The molecular formula is C19H24N2O3. The van der Waals surface area contributed by atoms with Gasteiger partial charge in [-0.1, -0.05) is 25.8 Å². The lowest BCUT2D eigenvalue weighted by atomic mass is 9.86. The zero-order valence-corrected chi connectivity index (χ0v) is 14.5. The number of hydrogen-bond donors (Lipinski definition) is 1. The highest BCUT2D eigenvalue weighted by atomic mass is 16.5. The summed E-state index contributed by atoms with van der Waals surface area (Å²) in [5, 5.41) is 12.4. The number of benzene rings is 1. The van der Waals surface area contributed by atoms with Crippen LogP contribution in [0.3, 0.4) is 0 Å². The van der Waals surface area contributed by atoms with Crippen LogP contribution in [-0.2, 0) is 4.79 Å². The van der Waals surface area contributed by atoms with Gasteiger partial charge in [0.1, 0.15) is 11.6 Å². The molecule has 0 aromatic heterocycles. The summed E-state index contributed by atoms with van der Waals surface area (Å²) in [7, 11) is 3.11. The van der Waals surface area contributed by atoms with E-state index in [2.05, 4.69) is 12.2 Å². The van der Waals surface area contributed by atoms with Gasteiger partial charge in [0, 0.05) is 6.04 Å². The number of nitrogens with zero attached hydrogens (tertiary/aromatic N) is 1. The molecule has 2 rings (SSSR count). The first kappa shape index (κ1) is 17.9. The van der Waals surface area contributed by atoms with Crippen LogP contribution in [0.15, 0.2) is 23.8 Å². The SMILES string of the molecule is COc1ccc(/C=C(\C#N)C(=O)NC2CCCCC2C)cc1OC. The van der Waals surface area contributed by atoms with E-state index in [0.29, 0.717) is 17.4 Å². The second kappa shape index (κ2) is 8.39. The molecule has 0 spiro atoms. The number of carbonyl (C=O) groups is 1. The largest absolute Gasteiger partial charge is 0.493 e. The molecule has 1 aliphatic rings. The fraction of sp³-hybridized carbons (Fsp3) is 0.474. The van der Waals surface area contributed by atoms with Gasteiger partial charge in [-0.05, 0) is 42.5 Å². The topological polar surface area (TPSA) is 71.3 Å². The van der Waals surface area contributed by atoms with E-state index in [1.807, 2.05) is 6.07 Å². The van der Waals surface area contributed by atoms with Gasteiger partial charge in [0.2, 0.25) is 0 Å². The van der Waals surface area contributed by atoms with Crippen LogP contribution in [0.2, 0.25) is 0 Å². The first-order chi connectivity index (χ1) is 11.6. The van der Waals surface area contributed by atoms with Crippen molar-refractivity contribution in [3.05, 3.63) is 29.3 Å². The van der Waals surface area contributed by atoms with Crippen molar-refractivity contribution >= 4 is 12.0 Å². The van der Waals surface area contributed by atoms with E-state index in [0.717, 1.165) is 24.8 Å². The number of nitrogens with one attached hydrogen (secondary N) is 1. The quantitative estimate of drug-likeness (QED) is 0.665. The normalized spacial score (nSPS) is 20.8. The number of methoxy groups -OCH3 is 2. The molecule has 24 heavy (non-hydrogen) atoms. The summed E-state index contributed by atoms with van der Waals surface area (Å²) in [6, 6.07) is 7.42. The molecule has 2 unspecified atom stereocenters. The number of carbonyl (C=O) groups excluding carboxylic acids is 1. The maximum atomic E-state index is 12.4. The third-order valence-corrected chi connectivity index (χ3v) is 4.51. The van der Waals surface area contributed by atoms with Crippen molar-refractivity contribution in [1.82, 2.24) is 5.32 Å². The summed E-state index contributed by atoms with van der Waals surface area (Å²) in [6.45, 7) is 2.15. The smallest absolute Gasteiger partial charge is 0.262 e. The summed E-state index contributed by atoms with van der Waals surface area (Å²) in [5.41, 5.74) is 0.816. The minimum Gasteiger partial charge on any atom is -0.493 e. The van der Waals surface area contributed by atoms with Gasteiger partial charge in [0.05, 0.1) is 14.2 Å². The molecular weight excluding hydrogens is 304 g/mol. The van der Waals surface area contributed by atoms with Gasteiger partial charge in [0.15, 0.2) is 11.5 Å². The maximum Gasteiger partial charge on any atom is 0.262 e. The molecule has 1 N–H and O–H groups in total. The van der Waals surface area contributed by atoms with Gasteiger partial charge in [-0.15, -0.1) is 0 Å². The summed E-state index contributed by atoms with van der Waals surface area (Å²) in [5.74, 6) is 1.30. The Morgan fingerprint density at radius 1 is 1.25 bits per heavy atom. The van der Waals surface area contributed by atoms with Crippen LogP contribution in [0.25, 0.3) is 6.08 Å². The van der Waals surface area contributed by atoms with Gasteiger partial charge >= 0.3 is 0 Å². The van der Waals surface area contributed by atoms with Crippen LogP contribution in [0.4, 0.5) is 0 Å². The number of hydrogen-bond acceptors (Lipinski definition) is 4. The lowest BCUT2D eigenvalue weighted by molar-refractivity contribution is -0.118. The molecule has 1 aromatic carbocycles. The molecule has 5 heteroatoms. The summed E-state index contributed by atoms with van der Waals surface area (Å²) in [4.78, 5) is 12.4. The molecule has 5 nitrogen and oxygen atoms in total. The molecule has 1 saturated carbocycles. The minimum absolute atomic E-state index is 0.0972. The maximum absolute atomic E-state index is 12.4. The molecule has 0 saturated heterocycles. The number of amides is 1. The number of rotatable bonds is 5. The van der Waals surface area contributed by atoms with E-state index in [1.54, 1.807) is 38.5 Å². The highest BCUT2D eigenvalue weighted by molar-refractivity contribution is 6.01. The minimum atomic E-state index is -0.314. The van der Waals surface area contributed by atoms with Crippen LogP contribution in [0.5, 0.6) is 11.5 Å². The van der Waals surface area contributed by atoms with E-state index in [9.17, 15) is 10.1 Å². The summed E-state index contributed by atoms with van der Waals surface area (Å²) < 4.78 is 10.4. The van der Waals surface area contributed by atoms with Crippen molar-refractivity contribution in [2.75, 3.05) is 14.2 Å². The third-order valence-electron chi connectivity index (χ3n) is 4.51. The third kappa shape index (κ3) is 4.29. The average Bonchev–Trinajstić information content (AvgIpc) is 2.61. The fourth-order valence-electron chi connectivity index (χ4n) is 3.03. The van der Waals surface area contributed by atoms with Crippen LogP contribution in [0.1, 0.15) is 38.2 Å². The Labute approximate surface area is 143 Å². The first-order valence-electron chi connectivity index (χ1n) is 8.23. The molecule has 0 bridgehead atoms. The monoisotopic (exact) mass is 328 g/mol. The standard InChI is InChI=1S/C19H24N2O3/c1-13-6-4-5-7-16(13)21-19(22)15(12-20)10-14-8-9-17(23-2)18(11-14)24-3/h8-11,13,16H,4-7H2,1-3H3,(H,21,22)/b15-10+. The van der Waals surface area contributed by atoms with E-state index >= 15 is 0 Å². The van der Waals surface area contributed by atoms with Gasteiger partial charge in [-0.3, -0.25) is 4.79 Å². The molecule has 1 aromatic rings. The van der Waals surface area contributed by atoms with Crippen LogP contribution >= 0.6 is 0 Å². The molecule has 2 atom stereocenters. The molecule has 1 amide bonds. The predicted octanol–water partition coefficient (Wildman–Crippen LogP) is 3.31. The molecule has 0 radical (unpaired) electrons. The van der Waals surface area contributed by atoms with Crippen LogP contribution in [-0.4, -0.2) is 26.2 Å². The Hall–Kier alpha value is -2.48. The van der Waals surface area contributed by atoms with Gasteiger partial charge in [-0.25, -0.2) is 0 Å². The Bertz CT molecular complexity index is 661. The number of ether oxygens (including phenoxy) is 2. The Morgan fingerprint density at radius 2 is 1.96 bits per heavy atom. The van der Waals surface area contributed by atoms with Crippen molar-refractivity contribution in [3.63, 3.8) is 0 Å². The van der Waals surface area contributed by atoms with Crippen LogP contribution in [0, 0.1) is 17.2 Å². The van der Waals surface area contributed by atoms with E-state index in [-0.39, 0.29) is 17.5 Å². The van der Waals surface area contributed by atoms with E-state index < -0.39 is 0 Å². The van der Waals surface area contributed by atoms with Crippen LogP contribution < -0.4 is 14.8 Å². The average molecular weight is 328 g/mol. The second-order valence-electron chi connectivity index (χ2n) is 6.13.